The molecule has 1 aromatic heterocycles. The molecule has 4 rings (SSSR count). The number of aryl methyl sites for hydroxylation is 1. The molecule has 1 aliphatic heterocycles. The van der Waals surface area contributed by atoms with Crippen LogP contribution >= 0.6 is 0 Å². The Labute approximate surface area is 176 Å². The lowest BCUT2D eigenvalue weighted by atomic mass is 10.1. The van der Waals surface area contributed by atoms with E-state index < -0.39 is 0 Å². The molecule has 0 atom stereocenters. The minimum Gasteiger partial charge on any atom is -0.368 e. The largest absolute Gasteiger partial charge is 0.368 e. The van der Waals surface area contributed by atoms with Crippen molar-refractivity contribution >= 4 is 34.9 Å². The standard InChI is InChI=1S/C22H25N7O/c1-16-6-3-4-9-20(16)28-10-12-29(13-11-28)22-24-15-23-21(27-22)26-19-8-5-7-18(14-19)25-17(2)30/h3-9,14-15H,10-13H2,1-2H3,(H,25,30)(H,23,24,26,27). The summed E-state index contributed by atoms with van der Waals surface area (Å²) >= 11 is 0. The Bertz CT molecular complexity index is 1030. The molecule has 3 aromatic rings. The second kappa shape index (κ2) is 8.77. The monoisotopic (exact) mass is 403 g/mol. The van der Waals surface area contributed by atoms with Crippen molar-refractivity contribution in [3.05, 3.63) is 60.4 Å². The molecular formula is C22H25N7O. The molecule has 0 bridgehead atoms. The van der Waals surface area contributed by atoms with Crippen LogP contribution in [0.3, 0.4) is 0 Å². The number of amides is 1. The molecule has 8 heteroatoms. The average Bonchev–Trinajstić information content (AvgIpc) is 2.74. The Morgan fingerprint density at radius 3 is 2.43 bits per heavy atom. The van der Waals surface area contributed by atoms with Gasteiger partial charge in [0.2, 0.25) is 17.8 Å². The van der Waals surface area contributed by atoms with Gasteiger partial charge in [-0.1, -0.05) is 24.3 Å². The first-order chi connectivity index (χ1) is 14.6. The Balaban J connectivity index is 1.42. The van der Waals surface area contributed by atoms with E-state index in [1.165, 1.54) is 24.5 Å². The summed E-state index contributed by atoms with van der Waals surface area (Å²) in [7, 11) is 0. The minimum absolute atomic E-state index is 0.112. The van der Waals surface area contributed by atoms with Gasteiger partial charge in [-0.15, -0.1) is 0 Å². The third kappa shape index (κ3) is 4.65. The molecule has 0 spiro atoms. The van der Waals surface area contributed by atoms with Crippen LogP contribution in [0.1, 0.15) is 12.5 Å². The summed E-state index contributed by atoms with van der Waals surface area (Å²) in [4.78, 5) is 29.0. The zero-order chi connectivity index (χ0) is 20.9. The van der Waals surface area contributed by atoms with Gasteiger partial charge < -0.3 is 20.4 Å². The van der Waals surface area contributed by atoms with Gasteiger partial charge in [-0.25, -0.2) is 9.97 Å². The van der Waals surface area contributed by atoms with Crippen LogP contribution in [0.2, 0.25) is 0 Å². The number of hydrogen-bond donors (Lipinski definition) is 2. The molecule has 1 saturated heterocycles. The van der Waals surface area contributed by atoms with Gasteiger partial charge >= 0.3 is 0 Å². The van der Waals surface area contributed by atoms with Crippen LogP contribution in [0.4, 0.5) is 29.0 Å². The van der Waals surface area contributed by atoms with E-state index in [2.05, 4.69) is 66.6 Å². The number of carbonyl (C=O) groups is 1. The summed E-state index contributed by atoms with van der Waals surface area (Å²) in [5, 5.41) is 5.96. The van der Waals surface area contributed by atoms with Crippen molar-refractivity contribution in [1.82, 2.24) is 15.0 Å². The van der Waals surface area contributed by atoms with Crippen molar-refractivity contribution in [1.29, 1.82) is 0 Å². The van der Waals surface area contributed by atoms with Crippen molar-refractivity contribution < 1.29 is 4.79 Å². The molecule has 0 saturated carbocycles. The van der Waals surface area contributed by atoms with Crippen LogP contribution in [0.25, 0.3) is 0 Å². The van der Waals surface area contributed by atoms with Gasteiger partial charge in [0.15, 0.2) is 0 Å². The number of hydrogen-bond acceptors (Lipinski definition) is 7. The third-order valence-electron chi connectivity index (χ3n) is 5.02. The summed E-state index contributed by atoms with van der Waals surface area (Å²) in [5.41, 5.74) is 4.09. The molecule has 1 fully saturated rings. The molecule has 154 valence electrons. The van der Waals surface area contributed by atoms with Crippen LogP contribution in [-0.2, 0) is 4.79 Å². The quantitative estimate of drug-likeness (QED) is 0.676. The third-order valence-corrected chi connectivity index (χ3v) is 5.02. The van der Waals surface area contributed by atoms with Crippen molar-refractivity contribution in [2.75, 3.05) is 46.6 Å². The highest BCUT2D eigenvalue weighted by Gasteiger charge is 2.20. The van der Waals surface area contributed by atoms with Crippen LogP contribution in [0, 0.1) is 6.92 Å². The van der Waals surface area contributed by atoms with Crippen LogP contribution in [0.15, 0.2) is 54.9 Å². The van der Waals surface area contributed by atoms with Crippen LogP contribution in [0.5, 0.6) is 0 Å². The van der Waals surface area contributed by atoms with Gasteiger partial charge in [0.25, 0.3) is 0 Å². The number of carbonyl (C=O) groups excluding carboxylic acids is 1. The average molecular weight is 403 g/mol. The molecule has 30 heavy (non-hydrogen) atoms. The zero-order valence-electron chi connectivity index (χ0n) is 17.2. The molecule has 1 amide bonds. The summed E-state index contributed by atoms with van der Waals surface area (Å²) in [6.07, 6.45) is 1.52. The molecule has 0 radical (unpaired) electrons. The van der Waals surface area contributed by atoms with Gasteiger partial charge in [-0.05, 0) is 36.8 Å². The first-order valence-electron chi connectivity index (χ1n) is 9.98. The fourth-order valence-electron chi connectivity index (χ4n) is 3.57. The predicted octanol–water partition coefficient (Wildman–Crippen LogP) is 3.21. The molecule has 0 aliphatic carbocycles. The van der Waals surface area contributed by atoms with Crippen molar-refractivity contribution in [2.45, 2.75) is 13.8 Å². The Morgan fingerprint density at radius 1 is 0.933 bits per heavy atom. The zero-order valence-corrected chi connectivity index (χ0v) is 17.2. The number of benzene rings is 2. The first-order valence-corrected chi connectivity index (χ1v) is 9.98. The van der Waals surface area contributed by atoms with E-state index in [0.717, 1.165) is 31.9 Å². The Morgan fingerprint density at radius 2 is 1.67 bits per heavy atom. The second-order valence-electron chi connectivity index (χ2n) is 7.26. The highest BCUT2D eigenvalue weighted by molar-refractivity contribution is 5.89. The van der Waals surface area contributed by atoms with Crippen LogP contribution < -0.4 is 20.4 Å². The highest BCUT2D eigenvalue weighted by atomic mass is 16.1. The van der Waals surface area contributed by atoms with Crippen molar-refractivity contribution in [3.63, 3.8) is 0 Å². The number of piperazine rings is 1. The lowest BCUT2D eigenvalue weighted by Crippen LogP contribution is -2.47. The molecule has 8 nitrogen and oxygen atoms in total. The molecule has 2 aromatic carbocycles. The van der Waals surface area contributed by atoms with Crippen molar-refractivity contribution in [3.8, 4) is 0 Å². The maximum atomic E-state index is 11.3. The SMILES string of the molecule is CC(=O)Nc1cccc(Nc2ncnc(N3CCN(c4ccccc4C)CC3)n2)c1. The topological polar surface area (TPSA) is 86.3 Å². The first kappa shape index (κ1) is 19.6. The van der Waals surface area contributed by atoms with E-state index in [1.54, 1.807) is 0 Å². The van der Waals surface area contributed by atoms with E-state index >= 15 is 0 Å². The maximum absolute atomic E-state index is 11.3. The lowest BCUT2D eigenvalue weighted by Gasteiger charge is -2.36. The smallest absolute Gasteiger partial charge is 0.231 e. The maximum Gasteiger partial charge on any atom is 0.231 e. The van der Waals surface area contributed by atoms with Gasteiger partial charge in [-0.2, -0.15) is 4.98 Å². The van der Waals surface area contributed by atoms with Gasteiger partial charge in [-0.3, -0.25) is 4.79 Å². The van der Waals surface area contributed by atoms with Crippen molar-refractivity contribution in [2.24, 2.45) is 0 Å². The number of nitrogens with zero attached hydrogens (tertiary/aromatic N) is 5. The molecular weight excluding hydrogens is 378 g/mol. The minimum atomic E-state index is -0.112. The van der Waals surface area contributed by atoms with E-state index in [4.69, 9.17) is 0 Å². The number of nitrogens with one attached hydrogen (secondary N) is 2. The normalized spacial score (nSPS) is 13.8. The Hall–Kier alpha value is -3.68. The molecule has 1 aliphatic rings. The highest BCUT2D eigenvalue weighted by Crippen LogP contribution is 2.23. The van der Waals surface area contributed by atoms with Gasteiger partial charge in [0.1, 0.15) is 6.33 Å². The number of rotatable bonds is 5. The summed E-state index contributed by atoms with van der Waals surface area (Å²) in [6.45, 7) is 7.14. The molecule has 2 N–H and O–H groups in total. The Kier molecular flexibility index (Phi) is 5.74. The van der Waals surface area contributed by atoms with E-state index in [-0.39, 0.29) is 5.91 Å². The van der Waals surface area contributed by atoms with E-state index in [9.17, 15) is 4.79 Å². The number of anilines is 5. The second-order valence-corrected chi connectivity index (χ2v) is 7.26. The van der Waals surface area contributed by atoms with Gasteiger partial charge in [0.05, 0.1) is 0 Å². The summed E-state index contributed by atoms with van der Waals surface area (Å²) in [6, 6.07) is 15.9. The molecule has 0 unspecified atom stereocenters. The molecule has 2 heterocycles. The van der Waals surface area contributed by atoms with E-state index in [0.29, 0.717) is 17.6 Å². The number of para-hydroxylation sites is 1. The van der Waals surface area contributed by atoms with Gasteiger partial charge in [0, 0.05) is 50.2 Å². The fourth-order valence-corrected chi connectivity index (χ4v) is 3.57. The van der Waals surface area contributed by atoms with E-state index in [1.807, 2.05) is 24.3 Å². The fraction of sp³-hybridized carbons (Fsp3) is 0.273. The summed E-state index contributed by atoms with van der Waals surface area (Å²) in [5.74, 6) is 1.02. The summed E-state index contributed by atoms with van der Waals surface area (Å²) < 4.78 is 0. The lowest BCUT2D eigenvalue weighted by molar-refractivity contribution is -0.114. The van der Waals surface area contributed by atoms with Crippen LogP contribution in [-0.4, -0.2) is 47.0 Å². The number of aromatic nitrogens is 3. The predicted molar refractivity (Wildman–Crippen MR) is 119 cm³/mol.